The highest BCUT2D eigenvalue weighted by molar-refractivity contribution is 5.85. The van der Waals surface area contributed by atoms with E-state index in [1.807, 2.05) is 37.3 Å². The van der Waals surface area contributed by atoms with Crippen LogP contribution in [0.5, 0.6) is 0 Å². The lowest BCUT2D eigenvalue weighted by molar-refractivity contribution is 0.717. The third-order valence-electron chi connectivity index (χ3n) is 1.80. The normalized spacial score (nSPS) is 11.5. The predicted octanol–water partition coefficient (Wildman–Crippen LogP) is 3.07. The van der Waals surface area contributed by atoms with Gasteiger partial charge in [0.2, 0.25) is 0 Å². The first-order chi connectivity index (χ1) is 5.70. The van der Waals surface area contributed by atoms with Crippen LogP contribution in [0.25, 0.3) is 0 Å². The van der Waals surface area contributed by atoms with E-state index in [-0.39, 0.29) is 18.4 Å². The van der Waals surface area contributed by atoms with E-state index in [2.05, 4.69) is 6.58 Å². The third kappa shape index (κ3) is 4.11. The third-order valence-corrected chi connectivity index (χ3v) is 1.80. The van der Waals surface area contributed by atoms with E-state index in [0.29, 0.717) is 0 Å². The summed E-state index contributed by atoms with van der Waals surface area (Å²) in [5.41, 5.74) is 8.25. The molecule has 0 aliphatic rings. The smallest absolute Gasteiger partial charge is 0.0332 e. The Bertz CT molecular complexity index is 256. The first kappa shape index (κ1) is 12.2. The molecule has 0 amide bonds. The molecule has 1 aromatic carbocycles. The van der Waals surface area contributed by atoms with E-state index in [9.17, 15) is 0 Å². The molecule has 0 radical (unpaired) electrons. The lowest BCUT2D eigenvalue weighted by Crippen LogP contribution is -2.09. The molecule has 1 nitrogen and oxygen atoms in total. The lowest BCUT2D eigenvalue weighted by atomic mass is 10.0. The highest BCUT2D eigenvalue weighted by atomic mass is 35.5. The molecule has 13 heavy (non-hydrogen) atoms. The summed E-state index contributed by atoms with van der Waals surface area (Å²) in [4.78, 5) is 0. The number of hydrogen-bond donors (Lipinski definition) is 1. The Morgan fingerprint density at radius 3 is 2.38 bits per heavy atom. The molecule has 0 unspecified atom stereocenters. The largest absolute Gasteiger partial charge is 0.324 e. The summed E-state index contributed by atoms with van der Waals surface area (Å²) < 4.78 is 0. The molecule has 0 spiro atoms. The molecular formula is C11H16ClN. The van der Waals surface area contributed by atoms with E-state index in [1.165, 1.54) is 5.56 Å². The van der Waals surface area contributed by atoms with Gasteiger partial charge in [0.25, 0.3) is 0 Å². The van der Waals surface area contributed by atoms with Crippen LogP contribution < -0.4 is 5.73 Å². The number of rotatable bonds is 3. The maximum Gasteiger partial charge on any atom is 0.0332 e. The van der Waals surface area contributed by atoms with Gasteiger partial charge in [0.1, 0.15) is 0 Å². The van der Waals surface area contributed by atoms with Crippen LogP contribution in [-0.4, -0.2) is 0 Å². The van der Waals surface area contributed by atoms with Crippen molar-refractivity contribution in [1.82, 2.24) is 0 Å². The predicted molar refractivity (Wildman–Crippen MR) is 60.0 cm³/mol. The second kappa shape index (κ2) is 5.79. The summed E-state index contributed by atoms with van der Waals surface area (Å²) in [5, 5.41) is 0. The van der Waals surface area contributed by atoms with Crippen molar-refractivity contribution in [1.29, 1.82) is 0 Å². The Labute approximate surface area is 86.1 Å². The summed E-state index contributed by atoms with van der Waals surface area (Å²) in [6.45, 7) is 5.84. The van der Waals surface area contributed by atoms with Crippen molar-refractivity contribution in [3.05, 3.63) is 48.0 Å². The molecule has 0 aromatic heterocycles. The molecule has 0 fully saturated rings. The van der Waals surface area contributed by atoms with E-state index in [4.69, 9.17) is 5.73 Å². The molecule has 0 aliphatic heterocycles. The lowest BCUT2D eigenvalue weighted by Gasteiger charge is -2.10. The van der Waals surface area contributed by atoms with Crippen molar-refractivity contribution >= 4 is 12.4 Å². The molecule has 0 saturated carbocycles. The van der Waals surface area contributed by atoms with Crippen LogP contribution in [0.3, 0.4) is 0 Å². The van der Waals surface area contributed by atoms with Crippen molar-refractivity contribution in [2.24, 2.45) is 5.73 Å². The molecule has 0 bridgehead atoms. The number of nitrogens with two attached hydrogens (primary N) is 1. The Hall–Kier alpha value is -0.790. The summed E-state index contributed by atoms with van der Waals surface area (Å²) in [7, 11) is 0. The average molecular weight is 198 g/mol. The van der Waals surface area contributed by atoms with Crippen LogP contribution in [0.2, 0.25) is 0 Å². The number of hydrogen-bond acceptors (Lipinski definition) is 1. The molecule has 0 aliphatic carbocycles. The molecule has 1 aromatic rings. The summed E-state index contributed by atoms with van der Waals surface area (Å²) >= 11 is 0. The van der Waals surface area contributed by atoms with Crippen molar-refractivity contribution in [2.45, 2.75) is 19.4 Å². The van der Waals surface area contributed by atoms with Crippen LogP contribution in [0.4, 0.5) is 0 Å². The van der Waals surface area contributed by atoms with Gasteiger partial charge in [-0.3, -0.25) is 0 Å². The minimum atomic E-state index is 0. The van der Waals surface area contributed by atoms with Gasteiger partial charge < -0.3 is 5.73 Å². The highest BCUT2D eigenvalue weighted by Crippen LogP contribution is 2.16. The van der Waals surface area contributed by atoms with E-state index >= 15 is 0 Å². The maximum atomic E-state index is 5.94. The van der Waals surface area contributed by atoms with Gasteiger partial charge in [0.15, 0.2) is 0 Å². The van der Waals surface area contributed by atoms with Crippen molar-refractivity contribution in [3.63, 3.8) is 0 Å². The van der Waals surface area contributed by atoms with Gasteiger partial charge in [-0.15, -0.1) is 19.0 Å². The summed E-state index contributed by atoms with van der Waals surface area (Å²) in [6, 6.07) is 10.2. The van der Waals surface area contributed by atoms with Gasteiger partial charge in [-0.1, -0.05) is 35.9 Å². The monoisotopic (exact) mass is 197 g/mol. The average Bonchev–Trinajstić information content (AvgIpc) is 2.05. The summed E-state index contributed by atoms with van der Waals surface area (Å²) in [5.74, 6) is 0. The standard InChI is InChI=1S/C11H15N.ClH/c1-9(2)8-11(12)10-6-4-3-5-7-10;/h3-7,11H,1,8,12H2,2H3;1H/t11-;/m1./s1. The van der Waals surface area contributed by atoms with Gasteiger partial charge in [-0.05, 0) is 18.9 Å². The minimum Gasteiger partial charge on any atom is -0.324 e. The first-order valence-corrected chi connectivity index (χ1v) is 4.15. The van der Waals surface area contributed by atoms with Gasteiger partial charge >= 0.3 is 0 Å². The molecule has 1 rings (SSSR count). The van der Waals surface area contributed by atoms with Crippen molar-refractivity contribution < 1.29 is 0 Å². The van der Waals surface area contributed by atoms with Crippen molar-refractivity contribution in [2.75, 3.05) is 0 Å². The van der Waals surface area contributed by atoms with Crippen LogP contribution in [0.15, 0.2) is 42.5 Å². The van der Waals surface area contributed by atoms with Crippen LogP contribution in [0, 0.1) is 0 Å². The number of benzene rings is 1. The van der Waals surface area contributed by atoms with E-state index in [1.54, 1.807) is 0 Å². The zero-order chi connectivity index (χ0) is 8.97. The zero-order valence-corrected chi connectivity index (χ0v) is 8.68. The van der Waals surface area contributed by atoms with Gasteiger partial charge in [-0.25, -0.2) is 0 Å². The molecule has 0 heterocycles. The van der Waals surface area contributed by atoms with Gasteiger partial charge in [-0.2, -0.15) is 0 Å². The maximum absolute atomic E-state index is 5.94. The molecule has 2 N–H and O–H groups in total. The topological polar surface area (TPSA) is 26.0 Å². The molecule has 0 saturated heterocycles. The van der Waals surface area contributed by atoms with Gasteiger partial charge in [0, 0.05) is 6.04 Å². The summed E-state index contributed by atoms with van der Waals surface area (Å²) in [6.07, 6.45) is 0.865. The second-order valence-electron chi connectivity index (χ2n) is 3.18. The van der Waals surface area contributed by atoms with Gasteiger partial charge in [0.05, 0.1) is 0 Å². The fraction of sp³-hybridized carbons (Fsp3) is 0.273. The van der Waals surface area contributed by atoms with Crippen LogP contribution in [0.1, 0.15) is 24.9 Å². The molecule has 72 valence electrons. The Balaban J connectivity index is 0.00000144. The number of halogens is 1. The SMILES string of the molecule is C=C(C)C[C@@H](N)c1ccccc1.Cl. The van der Waals surface area contributed by atoms with E-state index in [0.717, 1.165) is 12.0 Å². The zero-order valence-electron chi connectivity index (χ0n) is 7.86. The molecule has 2 heteroatoms. The fourth-order valence-corrected chi connectivity index (χ4v) is 1.19. The van der Waals surface area contributed by atoms with Crippen LogP contribution in [-0.2, 0) is 0 Å². The first-order valence-electron chi connectivity index (χ1n) is 4.15. The van der Waals surface area contributed by atoms with E-state index < -0.39 is 0 Å². The highest BCUT2D eigenvalue weighted by Gasteiger charge is 2.03. The molecular weight excluding hydrogens is 182 g/mol. The fourth-order valence-electron chi connectivity index (χ4n) is 1.19. The minimum absolute atomic E-state index is 0. The Kier molecular flexibility index (Phi) is 5.44. The Morgan fingerprint density at radius 2 is 1.92 bits per heavy atom. The molecule has 1 atom stereocenters. The van der Waals surface area contributed by atoms with Crippen molar-refractivity contribution in [3.8, 4) is 0 Å². The quantitative estimate of drug-likeness (QED) is 0.741. The Morgan fingerprint density at radius 1 is 1.38 bits per heavy atom. The second-order valence-corrected chi connectivity index (χ2v) is 3.18. The van der Waals surface area contributed by atoms with Crippen LogP contribution >= 0.6 is 12.4 Å².